The van der Waals surface area contributed by atoms with E-state index in [2.05, 4.69) is 61.6 Å². The SMILES string of the molecule is CNCCN=CC(C)Cc1ccc(C(C)C)cc1. The van der Waals surface area contributed by atoms with Crippen molar-refractivity contribution in [2.75, 3.05) is 20.1 Å². The van der Waals surface area contributed by atoms with E-state index < -0.39 is 0 Å². The molecule has 0 spiro atoms. The van der Waals surface area contributed by atoms with Crippen LogP contribution >= 0.6 is 0 Å². The third-order valence-corrected chi connectivity index (χ3v) is 3.05. The van der Waals surface area contributed by atoms with Crippen LogP contribution in [0, 0.1) is 5.92 Å². The summed E-state index contributed by atoms with van der Waals surface area (Å²) in [6, 6.07) is 8.97. The van der Waals surface area contributed by atoms with Crippen molar-refractivity contribution in [2.24, 2.45) is 10.9 Å². The first kappa shape index (κ1) is 14.9. The van der Waals surface area contributed by atoms with Crippen LogP contribution in [0.1, 0.15) is 37.8 Å². The second-order valence-corrected chi connectivity index (χ2v) is 5.24. The zero-order valence-electron chi connectivity index (χ0n) is 12.1. The van der Waals surface area contributed by atoms with Gasteiger partial charge in [-0.1, -0.05) is 45.0 Å². The summed E-state index contributed by atoms with van der Waals surface area (Å²) in [4.78, 5) is 4.42. The molecule has 0 aromatic heterocycles. The third kappa shape index (κ3) is 5.46. The molecule has 0 radical (unpaired) electrons. The molecule has 2 nitrogen and oxygen atoms in total. The molecular formula is C16H26N2. The summed E-state index contributed by atoms with van der Waals surface area (Å²) < 4.78 is 0. The highest BCUT2D eigenvalue weighted by Gasteiger charge is 2.02. The van der Waals surface area contributed by atoms with Crippen LogP contribution in [-0.4, -0.2) is 26.4 Å². The number of nitrogens with zero attached hydrogens (tertiary/aromatic N) is 1. The largest absolute Gasteiger partial charge is 0.318 e. The number of nitrogens with one attached hydrogen (secondary N) is 1. The van der Waals surface area contributed by atoms with Crippen molar-refractivity contribution < 1.29 is 0 Å². The van der Waals surface area contributed by atoms with Gasteiger partial charge >= 0.3 is 0 Å². The average molecular weight is 246 g/mol. The molecule has 0 aliphatic heterocycles. The third-order valence-electron chi connectivity index (χ3n) is 3.05. The van der Waals surface area contributed by atoms with Crippen molar-refractivity contribution in [3.63, 3.8) is 0 Å². The fraction of sp³-hybridized carbons (Fsp3) is 0.562. The summed E-state index contributed by atoms with van der Waals surface area (Å²) in [5, 5.41) is 3.09. The standard InChI is InChI=1S/C16H26N2/c1-13(2)16-7-5-15(6-8-16)11-14(3)12-18-10-9-17-4/h5-8,12-14,17H,9-11H2,1-4H3. The second kappa shape index (κ2) is 8.04. The predicted octanol–water partition coefficient (Wildman–Crippen LogP) is 3.28. The Morgan fingerprint density at radius 3 is 2.39 bits per heavy atom. The highest BCUT2D eigenvalue weighted by atomic mass is 14.9. The maximum atomic E-state index is 4.42. The molecule has 18 heavy (non-hydrogen) atoms. The van der Waals surface area contributed by atoms with E-state index in [0.29, 0.717) is 11.8 Å². The Bertz CT molecular complexity index is 352. The molecule has 0 aliphatic rings. The van der Waals surface area contributed by atoms with Crippen molar-refractivity contribution in [2.45, 2.75) is 33.1 Å². The van der Waals surface area contributed by atoms with Gasteiger partial charge in [0.25, 0.3) is 0 Å². The van der Waals surface area contributed by atoms with Gasteiger partial charge in [-0.3, -0.25) is 4.99 Å². The van der Waals surface area contributed by atoms with E-state index in [1.807, 2.05) is 7.05 Å². The van der Waals surface area contributed by atoms with Crippen molar-refractivity contribution in [3.8, 4) is 0 Å². The van der Waals surface area contributed by atoms with Gasteiger partial charge in [-0.05, 0) is 36.4 Å². The molecule has 0 amide bonds. The number of rotatable bonds is 7. The fourth-order valence-electron chi connectivity index (χ4n) is 1.89. The Morgan fingerprint density at radius 1 is 1.17 bits per heavy atom. The molecule has 1 aromatic carbocycles. The number of hydrogen-bond acceptors (Lipinski definition) is 2. The topological polar surface area (TPSA) is 24.4 Å². The van der Waals surface area contributed by atoms with E-state index in [9.17, 15) is 0 Å². The van der Waals surface area contributed by atoms with Gasteiger partial charge in [0.15, 0.2) is 0 Å². The van der Waals surface area contributed by atoms with Crippen LogP contribution in [0.3, 0.4) is 0 Å². The zero-order chi connectivity index (χ0) is 13.4. The summed E-state index contributed by atoms with van der Waals surface area (Å²) >= 11 is 0. The number of aliphatic imine (C=N–C) groups is 1. The smallest absolute Gasteiger partial charge is 0.0510 e. The van der Waals surface area contributed by atoms with E-state index in [-0.39, 0.29) is 0 Å². The second-order valence-electron chi connectivity index (χ2n) is 5.24. The Kier molecular flexibility index (Phi) is 6.66. The number of hydrogen-bond donors (Lipinski definition) is 1. The molecule has 0 aliphatic carbocycles. The van der Waals surface area contributed by atoms with Gasteiger partial charge in [0.05, 0.1) is 6.54 Å². The molecule has 0 bridgehead atoms. The Balaban J connectivity index is 2.44. The van der Waals surface area contributed by atoms with Gasteiger partial charge in [0, 0.05) is 12.8 Å². The molecule has 1 atom stereocenters. The minimum atomic E-state index is 0.506. The predicted molar refractivity (Wildman–Crippen MR) is 80.7 cm³/mol. The Labute approximate surface area is 112 Å². The van der Waals surface area contributed by atoms with E-state index in [1.165, 1.54) is 11.1 Å². The van der Waals surface area contributed by atoms with Crippen molar-refractivity contribution in [1.29, 1.82) is 0 Å². The van der Waals surface area contributed by atoms with Gasteiger partial charge in [-0.15, -0.1) is 0 Å². The number of likely N-dealkylation sites (N-methyl/N-ethyl adjacent to an activating group) is 1. The van der Waals surface area contributed by atoms with Crippen LogP contribution in [0.2, 0.25) is 0 Å². The van der Waals surface area contributed by atoms with E-state index in [4.69, 9.17) is 0 Å². The lowest BCUT2D eigenvalue weighted by molar-refractivity contribution is 0.761. The maximum Gasteiger partial charge on any atom is 0.0510 e. The van der Waals surface area contributed by atoms with Crippen LogP contribution in [0.4, 0.5) is 0 Å². The summed E-state index contributed by atoms with van der Waals surface area (Å²) in [6.07, 6.45) is 3.15. The minimum Gasteiger partial charge on any atom is -0.318 e. The zero-order valence-corrected chi connectivity index (χ0v) is 12.1. The molecule has 0 saturated heterocycles. The van der Waals surface area contributed by atoms with Gasteiger partial charge in [-0.2, -0.15) is 0 Å². The minimum absolute atomic E-state index is 0.506. The Hall–Kier alpha value is -1.15. The van der Waals surface area contributed by atoms with Crippen molar-refractivity contribution >= 4 is 6.21 Å². The molecular weight excluding hydrogens is 220 g/mol. The first-order valence-electron chi connectivity index (χ1n) is 6.87. The normalized spacial score (nSPS) is 13.4. The van der Waals surface area contributed by atoms with Gasteiger partial charge < -0.3 is 5.32 Å². The van der Waals surface area contributed by atoms with Crippen LogP contribution < -0.4 is 5.32 Å². The highest BCUT2D eigenvalue weighted by molar-refractivity contribution is 5.60. The lowest BCUT2D eigenvalue weighted by Gasteiger charge is -2.09. The molecule has 1 rings (SSSR count). The summed E-state index contributed by atoms with van der Waals surface area (Å²) in [7, 11) is 1.95. The summed E-state index contributed by atoms with van der Waals surface area (Å²) in [5.74, 6) is 1.12. The van der Waals surface area contributed by atoms with Crippen LogP contribution in [0.15, 0.2) is 29.3 Å². The van der Waals surface area contributed by atoms with Crippen LogP contribution in [0.25, 0.3) is 0 Å². The van der Waals surface area contributed by atoms with E-state index in [1.54, 1.807) is 0 Å². The van der Waals surface area contributed by atoms with E-state index >= 15 is 0 Å². The maximum absolute atomic E-state index is 4.42. The Morgan fingerprint density at radius 2 is 1.83 bits per heavy atom. The van der Waals surface area contributed by atoms with Gasteiger partial charge in [0.1, 0.15) is 0 Å². The molecule has 100 valence electrons. The fourth-order valence-corrected chi connectivity index (χ4v) is 1.89. The molecule has 2 heteroatoms. The lowest BCUT2D eigenvalue weighted by Crippen LogP contribution is -2.11. The molecule has 1 unspecified atom stereocenters. The quantitative estimate of drug-likeness (QED) is 0.579. The molecule has 0 heterocycles. The number of benzene rings is 1. The van der Waals surface area contributed by atoms with Crippen LogP contribution in [-0.2, 0) is 6.42 Å². The molecule has 1 N–H and O–H groups in total. The molecule has 1 aromatic rings. The van der Waals surface area contributed by atoms with E-state index in [0.717, 1.165) is 19.5 Å². The molecule has 0 saturated carbocycles. The summed E-state index contributed by atoms with van der Waals surface area (Å²) in [6.45, 7) is 8.50. The lowest BCUT2D eigenvalue weighted by atomic mass is 9.97. The first-order valence-corrected chi connectivity index (χ1v) is 6.87. The highest BCUT2D eigenvalue weighted by Crippen LogP contribution is 2.16. The average Bonchev–Trinajstić information content (AvgIpc) is 2.35. The summed E-state index contributed by atoms with van der Waals surface area (Å²) in [5.41, 5.74) is 2.81. The monoisotopic (exact) mass is 246 g/mol. The van der Waals surface area contributed by atoms with Crippen molar-refractivity contribution in [3.05, 3.63) is 35.4 Å². The van der Waals surface area contributed by atoms with Gasteiger partial charge in [0.2, 0.25) is 0 Å². The first-order chi connectivity index (χ1) is 8.63. The molecule has 0 fully saturated rings. The van der Waals surface area contributed by atoms with Crippen molar-refractivity contribution in [1.82, 2.24) is 5.32 Å². The van der Waals surface area contributed by atoms with Crippen LogP contribution in [0.5, 0.6) is 0 Å². The van der Waals surface area contributed by atoms with Gasteiger partial charge in [-0.25, -0.2) is 0 Å².